The SMILES string of the molecule is CC(C)(C)OC(=O)NC[C@H]1CC(C(=O)Nc2ccc(CNc3ccccc3)cc2)=NO1. The lowest BCUT2D eigenvalue weighted by Gasteiger charge is -2.20. The van der Waals surface area contributed by atoms with Crippen LogP contribution in [0.2, 0.25) is 0 Å². The second kappa shape index (κ2) is 9.97. The summed E-state index contributed by atoms with van der Waals surface area (Å²) in [5, 5.41) is 12.6. The third-order valence-electron chi connectivity index (χ3n) is 4.35. The minimum atomic E-state index is -0.574. The Hall–Kier alpha value is -3.55. The van der Waals surface area contributed by atoms with Gasteiger partial charge in [0.15, 0.2) is 6.10 Å². The molecule has 1 aliphatic heterocycles. The first kappa shape index (κ1) is 22.1. The molecule has 3 rings (SSSR count). The molecule has 0 aromatic heterocycles. The van der Waals surface area contributed by atoms with E-state index in [0.29, 0.717) is 18.7 Å². The van der Waals surface area contributed by atoms with Crippen molar-refractivity contribution in [1.29, 1.82) is 0 Å². The molecule has 164 valence electrons. The zero-order chi connectivity index (χ0) is 22.3. The standard InChI is InChI=1S/C23H28N4O4/c1-23(2,3)30-22(29)25-15-19-13-20(27-31-19)21(28)26-18-11-9-16(10-12-18)14-24-17-7-5-4-6-8-17/h4-12,19,24H,13-15H2,1-3H3,(H,25,29)(H,26,28)/t19-/m1/s1. The van der Waals surface area contributed by atoms with Gasteiger partial charge in [0.05, 0.1) is 6.54 Å². The van der Waals surface area contributed by atoms with Gasteiger partial charge < -0.3 is 25.5 Å². The highest BCUT2D eigenvalue weighted by Gasteiger charge is 2.27. The van der Waals surface area contributed by atoms with Crippen molar-refractivity contribution in [3.05, 3.63) is 60.2 Å². The van der Waals surface area contributed by atoms with Crippen molar-refractivity contribution in [1.82, 2.24) is 5.32 Å². The molecule has 0 radical (unpaired) electrons. The van der Waals surface area contributed by atoms with Gasteiger partial charge in [-0.2, -0.15) is 0 Å². The molecule has 1 aliphatic rings. The van der Waals surface area contributed by atoms with Crippen LogP contribution in [-0.4, -0.2) is 36.0 Å². The van der Waals surface area contributed by atoms with E-state index >= 15 is 0 Å². The number of carbonyl (C=O) groups excluding carboxylic acids is 2. The number of amides is 2. The van der Waals surface area contributed by atoms with Crippen LogP contribution in [0.1, 0.15) is 32.8 Å². The number of benzene rings is 2. The Balaban J connectivity index is 1.41. The monoisotopic (exact) mass is 424 g/mol. The lowest BCUT2D eigenvalue weighted by Crippen LogP contribution is -2.37. The second-order valence-corrected chi connectivity index (χ2v) is 8.22. The molecular weight excluding hydrogens is 396 g/mol. The van der Waals surface area contributed by atoms with Crippen LogP contribution in [0.25, 0.3) is 0 Å². The lowest BCUT2D eigenvalue weighted by molar-refractivity contribution is -0.110. The number of nitrogens with zero attached hydrogens (tertiary/aromatic N) is 1. The first-order valence-corrected chi connectivity index (χ1v) is 10.2. The Morgan fingerprint density at radius 1 is 1.06 bits per heavy atom. The molecule has 31 heavy (non-hydrogen) atoms. The third kappa shape index (κ3) is 7.33. The van der Waals surface area contributed by atoms with E-state index in [1.807, 2.05) is 54.6 Å². The summed E-state index contributed by atoms with van der Waals surface area (Å²) in [5.41, 5.74) is 2.53. The molecule has 8 heteroatoms. The highest BCUT2D eigenvalue weighted by molar-refractivity contribution is 6.43. The zero-order valence-corrected chi connectivity index (χ0v) is 18.0. The maximum Gasteiger partial charge on any atom is 0.407 e. The number of ether oxygens (including phenoxy) is 1. The van der Waals surface area contributed by atoms with Gasteiger partial charge in [-0.25, -0.2) is 4.79 Å². The maximum atomic E-state index is 12.4. The van der Waals surface area contributed by atoms with Gasteiger partial charge in [0.1, 0.15) is 11.3 Å². The van der Waals surface area contributed by atoms with Crippen molar-refractivity contribution in [3.8, 4) is 0 Å². The number of hydrogen-bond acceptors (Lipinski definition) is 6. The van der Waals surface area contributed by atoms with Crippen LogP contribution in [-0.2, 0) is 20.9 Å². The highest BCUT2D eigenvalue weighted by Crippen LogP contribution is 2.15. The van der Waals surface area contributed by atoms with E-state index in [1.54, 1.807) is 20.8 Å². The summed E-state index contributed by atoms with van der Waals surface area (Å²) in [6, 6.07) is 17.5. The number of oxime groups is 1. The molecule has 0 saturated heterocycles. The summed E-state index contributed by atoms with van der Waals surface area (Å²) in [6.45, 7) is 6.26. The van der Waals surface area contributed by atoms with Crippen molar-refractivity contribution in [2.24, 2.45) is 5.16 Å². The molecule has 0 spiro atoms. The first-order chi connectivity index (χ1) is 14.8. The van der Waals surface area contributed by atoms with Crippen LogP contribution in [0.15, 0.2) is 59.8 Å². The first-order valence-electron chi connectivity index (χ1n) is 10.2. The Morgan fingerprint density at radius 2 is 1.77 bits per heavy atom. The molecule has 0 aliphatic carbocycles. The van der Waals surface area contributed by atoms with Crippen molar-refractivity contribution in [2.45, 2.75) is 45.4 Å². The van der Waals surface area contributed by atoms with Gasteiger partial charge in [0, 0.05) is 24.3 Å². The number of carbonyl (C=O) groups is 2. The molecular formula is C23H28N4O4. The van der Waals surface area contributed by atoms with E-state index in [1.165, 1.54) is 0 Å². The molecule has 2 aromatic carbocycles. The Kier molecular flexibility index (Phi) is 7.12. The Morgan fingerprint density at radius 3 is 2.45 bits per heavy atom. The van der Waals surface area contributed by atoms with E-state index < -0.39 is 17.8 Å². The van der Waals surface area contributed by atoms with Crippen LogP contribution >= 0.6 is 0 Å². The Bertz CT molecular complexity index is 921. The fraction of sp³-hybridized carbons (Fsp3) is 0.348. The summed E-state index contributed by atoms with van der Waals surface area (Å²) in [5.74, 6) is -0.324. The van der Waals surface area contributed by atoms with Crippen LogP contribution in [0.5, 0.6) is 0 Å². The van der Waals surface area contributed by atoms with Gasteiger partial charge in [0.2, 0.25) is 0 Å². The van der Waals surface area contributed by atoms with Gasteiger partial charge in [-0.1, -0.05) is 35.5 Å². The smallest absolute Gasteiger partial charge is 0.407 e. The average Bonchev–Trinajstić information content (AvgIpc) is 3.21. The summed E-state index contributed by atoms with van der Waals surface area (Å²) < 4.78 is 5.18. The predicted octanol–water partition coefficient (Wildman–Crippen LogP) is 3.91. The molecule has 2 aromatic rings. The molecule has 0 saturated carbocycles. The average molecular weight is 425 g/mol. The van der Waals surface area contributed by atoms with Crippen molar-refractivity contribution >= 4 is 29.1 Å². The Labute approximate surface area is 182 Å². The van der Waals surface area contributed by atoms with E-state index in [0.717, 1.165) is 11.3 Å². The maximum absolute atomic E-state index is 12.4. The molecule has 2 amide bonds. The molecule has 8 nitrogen and oxygen atoms in total. The van der Waals surface area contributed by atoms with Crippen molar-refractivity contribution in [2.75, 3.05) is 17.2 Å². The number of alkyl carbamates (subject to hydrolysis) is 1. The van der Waals surface area contributed by atoms with Crippen LogP contribution in [0.4, 0.5) is 16.2 Å². The summed E-state index contributed by atoms with van der Waals surface area (Å²) >= 11 is 0. The summed E-state index contributed by atoms with van der Waals surface area (Å²) in [4.78, 5) is 29.4. The number of para-hydroxylation sites is 1. The fourth-order valence-electron chi connectivity index (χ4n) is 2.85. The van der Waals surface area contributed by atoms with Gasteiger partial charge in [-0.15, -0.1) is 0 Å². The molecule has 1 atom stereocenters. The highest BCUT2D eigenvalue weighted by atomic mass is 16.6. The third-order valence-corrected chi connectivity index (χ3v) is 4.35. The van der Waals surface area contributed by atoms with Gasteiger partial charge >= 0.3 is 6.09 Å². The number of nitrogens with one attached hydrogen (secondary N) is 3. The van der Waals surface area contributed by atoms with E-state index in [4.69, 9.17) is 9.57 Å². The van der Waals surface area contributed by atoms with Crippen LogP contribution in [0, 0.1) is 0 Å². The molecule has 0 unspecified atom stereocenters. The van der Waals surface area contributed by atoms with Crippen LogP contribution < -0.4 is 16.0 Å². The zero-order valence-electron chi connectivity index (χ0n) is 18.0. The topological polar surface area (TPSA) is 101 Å². The van der Waals surface area contributed by atoms with Gasteiger partial charge in [-0.3, -0.25) is 4.79 Å². The second-order valence-electron chi connectivity index (χ2n) is 8.22. The minimum Gasteiger partial charge on any atom is -0.444 e. The quantitative estimate of drug-likeness (QED) is 0.626. The van der Waals surface area contributed by atoms with E-state index in [9.17, 15) is 9.59 Å². The largest absolute Gasteiger partial charge is 0.444 e. The number of rotatable bonds is 7. The molecule has 1 heterocycles. The van der Waals surface area contributed by atoms with Crippen molar-refractivity contribution in [3.63, 3.8) is 0 Å². The van der Waals surface area contributed by atoms with Crippen molar-refractivity contribution < 1.29 is 19.2 Å². The number of anilines is 2. The normalized spacial score (nSPS) is 15.5. The summed E-state index contributed by atoms with van der Waals surface area (Å²) in [6.07, 6.45) is -0.628. The predicted molar refractivity (Wildman–Crippen MR) is 120 cm³/mol. The number of hydrogen-bond donors (Lipinski definition) is 3. The summed E-state index contributed by atoms with van der Waals surface area (Å²) in [7, 11) is 0. The minimum absolute atomic E-state index is 0.207. The van der Waals surface area contributed by atoms with E-state index in [2.05, 4.69) is 21.1 Å². The lowest BCUT2D eigenvalue weighted by atomic mass is 10.1. The molecule has 0 bridgehead atoms. The molecule has 3 N–H and O–H groups in total. The van der Waals surface area contributed by atoms with Gasteiger partial charge in [-0.05, 0) is 50.6 Å². The van der Waals surface area contributed by atoms with Gasteiger partial charge in [0.25, 0.3) is 5.91 Å². The van der Waals surface area contributed by atoms with E-state index in [-0.39, 0.29) is 18.2 Å². The van der Waals surface area contributed by atoms with Crippen LogP contribution in [0.3, 0.4) is 0 Å². The molecule has 0 fully saturated rings. The fourth-order valence-corrected chi connectivity index (χ4v) is 2.85.